The molecule has 0 bridgehead atoms. The Morgan fingerprint density at radius 1 is 1.18 bits per heavy atom. The number of likely N-dealkylation sites (tertiary alicyclic amines) is 1. The number of carbonyl (C=O) groups excluding carboxylic acids is 1. The van der Waals surface area contributed by atoms with Crippen LogP contribution in [-0.4, -0.2) is 47.3 Å². The number of rotatable bonds is 5. The van der Waals surface area contributed by atoms with Crippen molar-refractivity contribution < 1.29 is 19.4 Å². The summed E-state index contributed by atoms with van der Waals surface area (Å²) in [5.74, 6) is 0.0482. The minimum absolute atomic E-state index is 0.0239. The van der Waals surface area contributed by atoms with Crippen molar-refractivity contribution in [2.45, 2.75) is 76.8 Å². The van der Waals surface area contributed by atoms with Crippen LogP contribution in [0.15, 0.2) is 48.5 Å². The highest BCUT2D eigenvalue weighted by Gasteiger charge is 2.45. The molecule has 1 amide bonds. The molecule has 0 radical (unpaired) electrons. The summed E-state index contributed by atoms with van der Waals surface area (Å²) in [6.45, 7) is 9.57. The molecule has 178 valence electrons. The molecule has 1 spiro atoms. The van der Waals surface area contributed by atoms with Crippen LogP contribution in [0, 0.1) is 6.92 Å². The zero-order valence-corrected chi connectivity index (χ0v) is 20.3. The van der Waals surface area contributed by atoms with Crippen molar-refractivity contribution in [3.63, 3.8) is 0 Å². The average molecular weight is 452 g/mol. The summed E-state index contributed by atoms with van der Waals surface area (Å²) in [6, 6.07) is 16.0. The molecule has 2 aliphatic rings. The van der Waals surface area contributed by atoms with Gasteiger partial charge >= 0.3 is 0 Å². The van der Waals surface area contributed by atoms with E-state index in [9.17, 15) is 9.90 Å². The molecular weight excluding hydrogens is 414 g/mol. The van der Waals surface area contributed by atoms with Crippen LogP contribution in [0.4, 0.5) is 0 Å². The van der Waals surface area contributed by atoms with Gasteiger partial charge in [-0.05, 0) is 69.4 Å². The van der Waals surface area contributed by atoms with Crippen LogP contribution in [0.5, 0.6) is 0 Å². The second kappa shape index (κ2) is 9.57. The number of hydrogen-bond acceptors (Lipinski definition) is 4. The summed E-state index contributed by atoms with van der Waals surface area (Å²) < 4.78 is 12.8. The maximum absolute atomic E-state index is 13.2. The fraction of sp³-hybridized carbons (Fsp3) is 0.536. The second-order valence-electron chi connectivity index (χ2n) is 10.1. The highest BCUT2D eigenvalue weighted by molar-refractivity contribution is 5.94. The molecule has 4 rings (SSSR count). The smallest absolute Gasteiger partial charge is 0.253 e. The van der Waals surface area contributed by atoms with Crippen molar-refractivity contribution in [3.05, 3.63) is 70.8 Å². The molecule has 2 saturated heterocycles. The lowest BCUT2D eigenvalue weighted by atomic mass is 9.80. The Bertz CT molecular complexity index is 958. The Morgan fingerprint density at radius 2 is 1.88 bits per heavy atom. The van der Waals surface area contributed by atoms with E-state index in [0.717, 1.165) is 36.8 Å². The molecule has 2 atom stereocenters. The van der Waals surface area contributed by atoms with Gasteiger partial charge in [0, 0.05) is 38.1 Å². The van der Waals surface area contributed by atoms with Gasteiger partial charge in [-0.1, -0.05) is 36.4 Å². The SMILES string of the molecule is CCO[C@H]1C[C@@H](c2ccccc2)OC2(CCN(C(=O)c3ccc(C(C)(C)O)c(C)c3)CC2)C1. The first-order valence-corrected chi connectivity index (χ1v) is 12.2. The average Bonchev–Trinajstić information content (AvgIpc) is 2.79. The molecule has 2 heterocycles. The van der Waals surface area contributed by atoms with E-state index in [1.54, 1.807) is 13.8 Å². The van der Waals surface area contributed by atoms with Crippen LogP contribution in [0.25, 0.3) is 0 Å². The molecule has 2 aromatic carbocycles. The molecule has 0 aromatic heterocycles. The number of carbonyl (C=O) groups is 1. The van der Waals surface area contributed by atoms with Crippen LogP contribution < -0.4 is 0 Å². The Hall–Kier alpha value is -2.21. The van der Waals surface area contributed by atoms with E-state index in [-0.39, 0.29) is 23.7 Å². The third kappa shape index (κ3) is 5.32. The minimum atomic E-state index is -0.923. The van der Waals surface area contributed by atoms with E-state index < -0.39 is 5.60 Å². The lowest BCUT2D eigenvalue weighted by molar-refractivity contribution is -0.190. The van der Waals surface area contributed by atoms with Gasteiger partial charge in [0.25, 0.3) is 5.91 Å². The maximum Gasteiger partial charge on any atom is 0.253 e. The fourth-order valence-electron chi connectivity index (χ4n) is 5.47. The van der Waals surface area contributed by atoms with Crippen LogP contribution in [0.3, 0.4) is 0 Å². The van der Waals surface area contributed by atoms with Gasteiger partial charge in [-0.2, -0.15) is 0 Å². The molecule has 0 aliphatic carbocycles. The van der Waals surface area contributed by atoms with E-state index in [1.807, 2.05) is 43.0 Å². The fourth-order valence-corrected chi connectivity index (χ4v) is 5.47. The molecule has 2 aromatic rings. The minimum Gasteiger partial charge on any atom is -0.386 e. The third-order valence-electron chi connectivity index (χ3n) is 7.14. The molecule has 5 heteroatoms. The van der Waals surface area contributed by atoms with Crippen LogP contribution >= 0.6 is 0 Å². The monoisotopic (exact) mass is 451 g/mol. The van der Waals surface area contributed by atoms with Gasteiger partial charge in [0.1, 0.15) is 0 Å². The standard InChI is InChI=1S/C28H37NO4/c1-5-32-23-18-25(21-9-7-6-8-10-21)33-28(19-23)13-15-29(16-14-28)26(30)22-11-12-24(20(2)17-22)27(3,4)31/h6-12,17,23,25,31H,5,13-16,18-19H2,1-4H3/t23-,25-/m0/s1. The Kier molecular flexibility index (Phi) is 6.94. The normalized spacial score (nSPS) is 23.0. The van der Waals surface area contributed by atoms with E-state index >= 15 is 0 Å². The predicted octanol–water partition coefficient (Wildman–Crippen LogP) is 5.15. The van der Waals surface area contributed by atoms with Gasteiger partial charge in [-0.15, -0.1) is 0 Å². The first-order chi connectivity index (χ1) is 15.7. The van der Waals surface area contributed by atoms with Gasteiger partial charge in [0.15, 0.2) is 0 Å². The van der Waals surface area contributed by atoms with E-state index in [2.05, 4.69) is 24.3 Å². The molecule has 2 aliphatic heterocycles. The van der Waals surface area contributed by atoms with Crippen molar-refractivity contribution in [2.24, 2.45) is 0 Å². The van der Waals surface area contributed by atoms with Crippen LogP contribution in [0.1, 0.15) is 79.6 Å². The maximum atomic E-state index is 13.2. The number of benzene rings is 2. The number of hydrogen-bond donors (Lipinski definition) is 1. The van der Waals surface area contributed by atoms with Gasteiger partial charge < -0.3 is 19.5 Å². The van der Waals surface area contributed by atoms with Crippen molar-refractivity contribution in [2.75, 3.05) is 19.7 Å². The Morgan fingerprint density at radius 3 is 2.48 bits per heavy atom. The summed E-state index contributed by atoms with van der Waals surface area (Å²) in [5, 5.41) is 10.3. The van der Waals surface area contributed by atoms with Gasteiger partial charge in [0.05, 0.1) is 23.4 Å². The van der Waals surface area contributed by atoms with Crippen molar-refractivity contribution in [1.29, 1.82) is 0 Å². The largest absolute Gasteiger partial charge is 0.386 e. The molecule has 0 saturated carbocycles. The predicted molar refractivity (Wildman–Crippen MR) is 129 cm³/mol. The first kappa shape index (κ1) is 23.9. The van der Waals surface area contributed by atoms with Crippen molar-refractivity contribution >= 4 is 5.91 Å². The molecule has 1 N–H and O–H groups in total. The molecule has 2 fully saturated rings. The number of ether oxygens (including phenoxy) is 2. The summed E-state index contributed by atoms with van der Waals surface area (Å²) in [7, 11) is 0. The number of piperidine rings is 1. The number of aryl methyl sites for hydroxylation is 1. The summed E-state index contributed by atoms with van der Waals surface area (Å²) in [4.78, 5) is 15.2. The van der Waals surface area contributed by atoms with Crippen molar-refractivity contribution in [1.82, 2.24) is 4.90 Å². The van der Waals surface area contributed by atoms with E-state index in [0.29, 0.717) is 25.3 Å². The Labute approximate surface area is 197 Å². The van der Waals surface area contributed by atoms with Crippen molar-refractivity contribution in [3.8, 4) is 0 Å². The van der Waals surface area contributed by atoms with Crippen LogP contribution in [-0.2, 0) is 15.1 Å². The lowest BCUT2D eigenvalue weighted by Crippen LogP contribution is -2.52. The van der Waals surface area contributed by atoms with E-state index in [4.69, 9.17) is 9.47 Å². The van der Waals surface area contributed by atoms with E-state index in [1.165, 1.54) is 5.56 Å². The van der Waals surface area contributed by atoms with Crippen LogP contribution in [0.2, 0.25) is 0 Å². The molecule has 33 heavy (non-hydrogen) atoms. The second-order valence-corrected chi connectivity index (χ2v) is 10.1. The van der Waals surface area contributed by atoms with Gasteiger partial charge in [-0.25, -0.2) is 0 Å². The van der Waals surface area contributed by atoms with Gasteiger partial charge in [0.2, 0.25) is 0 Å². The Balaban J connectivity index is 1.46. The third-order valence-corrected chi connectivity index (χ3v) is 7.14. The number of nitrogens with zero attached hydrogens (tertiary/aromatic N) is 1. The first-order valence-electron chi connectivity index (χ1n) is 12.2. The molecule has 5 nitrogen and oxygen atoms in total. The summed E-state index contributed by atoms with van der Waals surface area (Å²) in [6.07, 6.45) is 3.57. The highest BCUT2D eigenvalue weighted by Crippen LogP contribution is 2.44. The molecular formula is C28H37NO4. The quantitative estimate of drug-likeness (QED) is 0.683. The zero-order valence-electron chi connectivity index (χ0n) is 20.3. The number of aliphatic hydroxyl groups is 1. The number of amides is 1. The zero-order chi connectivity index (χ0) is 23.6. The summed E-state index contributed by atoms with van der Waals surface area (Å²) >= 11 is 0. The molecule has 0 unspecified atom stereocenters. The highest BCUT2D eigenvalue weighted by atomic mass is 16.5. The lowest BCUT2D eigenvalue weighted by Gasteiger charge is -2.48. The topological polar surface area (TPSA) is 59.0 Å². The summed E-state index contributed by atoms with van der Waals surface area (Å²) in [5.41, 5.74) is 2.48. The van der Waals surface area contributed by atoms with Gasteiger partial charge in [-0.3, -0.25) is 4.79 Å².